The molecule has 0 radical (unpaired) electrons. The maximum Gasteiger partial charge on any atom is 0.410 e. The molecular formula is C29H46N6O3. The fourth-order valence-corrected chi connectivity index (χ4v) is 4.87. The summed E-state index contributed by atoms with van der Waals surface area (Å²) in [5.74, 6) is 1.10. The third-order valence-corrected chi connectivity index (χ3v) is 6.36. The number of carbonyl (C=O) groups excluding carboxylic acids is 2. The van der Waals surface area contributed by atoms with Crippen molar-refractivity contribution in [1.82, 2.24) is 30.2 Å². The highest BCUT2D eigenvalue weighted by Gasteiger charge is 2.36. The number of ether oxygens (including phenoxy) is 1. The van der Waals surface area contributed by atoms with Crippen molar-refractivity contribution in [1.29, 1.82) is 0 Å². The van der Waals surface area contributed by atoms with Gasteiger partial charge in [0.05, 0.1) is 17.4 Å². The summed E-state index contributed by atoms with van der Waals surface area (Å²) in [6.07, 6.45) is 2.11. The van der Waals surface area contributed by atoms with Crippen molar-refractivity contribution >= 4 is 12.0 Å². The first-order chi connectivity index (χ1) is 17.7. The Kier molecular flexibility index (Phi) is 9.54. The molecule has 0 spiro atoms. The van der Waals surface area contributed by atoms with E-state index >= 15 is 0 Å². The van der Waals surface area contributed by atoms with Crippen molar-refractivity contribution in [2.24, 2.45) is 17.8 Å². The zero-order chi connectivity index (χ0) is 28.2. The van der Waals surface area contributed by atoms with Gasteiger partial charge in [0.25, 0.3) is 5.91 Å². The zero-order valence-electron chi connectivity index (χ0n) is 24.7. The first-order valence-electron chi connectivity index (χ1n) is 13.9. The summed E-state index contributed by atoms with van der Waals surface area (Å²) in [7, 11) is 0. The zero-order valence-corrected chi connectivity index (χ0v) is 24.7. The predicted molar refractivity (Wildman–Crippen MR) is 149 cm³/mol. The van der Waals surface area contributed by atoms with E-state index in [-0.39, 0.29) is 18.0 Å². The molecule has 38 heavy (non-hydrogen) atoms. The molecule has 0 unspecified atom stereocenters. The van der Waals surface area contributed by atoms with Gasteiger partial charge in [0, 0.05) is 19.6 Å². The summed E-state index contributed by atoms with van der Waals surface area (Å²) in [5, 5.41) is 16.4. The van der Waals surface area contributed by atoms with Crippen LogP contribution in [0.2, 0.25) is 0 Å². The van der Waals surface area contributed by atoms with Gasteiger partial charge in [-0.2, -0.15) is 5.10 Å². The number of piperazine rings is 1. The van der Waals surface area contributed by atoms with Crippen LogP contribution in [0.1, 0.15) is 90.5 Å². The molecule has 2 aromatic rings. The van der Waals surface area contributed by atoms with E-state index in [1.807, 2.05) is 32.9 Å². The number of nitrogens with zero attached hydrogens (tertiary/aromatic N) is 5. The van der Waals surface area contributed by atoms with Crippen LogP contribution in [0.25, 0.3) is 11.4 Å². The molecule has 9 heteroatoms. The van der Waals surface area contributed by atoms with Crippen molar-refractivity contribution in [2.45, 2.75) is 93.2 Å². The maximum atomic E-state index is 13.6. The molecule has 0 bridgehead atoms. The van der Waals surface area contributed by atoms with Crippen LogP contribution in [0.15, 0.2) is 12.1 Å². The fourth-order valence-electron chi connectivity index (χ4n) is 4.87. The minimum Gasteiger partial charge on any atom is -0.444 e. The number of carbonyl (C=O) groups is 2. The lowest BCUT2D eigenvalue weighted by atomic mass is 9.98. The van der Waals surface area contributed by atoms with Crippen LogP contribution in [-0.4, -0.2) is 73.5 Å². The predicted octanol–water partition coefficient (Wildman–Crippen LogP) is 5.37. The number of hydrogen-bond acceptors (Lipinski definition) is 6. The second kappa shape index (κ2) is 12.3. The molecule has 1 atom stereocenters. The molecule has 0 aromatic carbocycles. The second-order valence-corrected chi connectivity index (χ2v) is 12.8. The Balaban J connectivity index is 1.83. The molecular weight excluding hydrogens is 480 g/mol. The van der Waals surface area contributed by atoms with E-state index < -0.39 is 5.60 Å². The SMILES string of the molecule is CC(C)Cc1cc(-c2nnc(C(=O)N3CCN(C(=O)OC(C)(C)C)[C@@H](CC(C)C)C3)cc2CC(C)C)[nH]n1. The molecule has 1 aliphatic rings. The summed E-state index contributed by atoms with van der Waals surface area (Å²) < 4.78 is 5.65. The number of H-pyrrole nitrogens is 1. The monoisotopic (exact) mass is 526 g/mol. The van der Waals surface area contributed by atoms with Crippen LogP contribution in [0.5, 0.6) is 0 Å². The van der Waals surface area contributed by atoms with Crippen molar-refractivity contribution in [3.05, 3.63) is 29.1 Å². The van der Waals surface area contributed by atoms with Gasteiger partial charge in [-0.3, -0.25) is 9.89 Å². The average Bonchev–Trinajstić information content (AvgIpc) is 3.24. The summed E-state index contributed by atoms with van der Waals surface area (Å²) in [6, 6.07) is 3.79. The molecule has 3 rings (SSSR count). The fraction of sp³-hybridized carbons (Fsp3) is 0.690. The standard InChI is InChI=1S/C29H46N6O3/c1-18(2)12-21-15-25(32-33-26(21)24-16-22(30-31-24)13-19(3)4)27(36)34-10-11-35(23(17-34)14-20(5)6)28(37)38-29(7,8)9/h15-16,18-20,23H,10-14,17H2,1-9H3,(H,30,31)/t23-/m0/s1. The Labute approximate surface area is 227 Å². The summed E-state index contributed by atoms with van der Waals surface area (Å²) >= 11 is 0. The highest BCUT2D eigenvalue weighted by Crippen LogP contribution is 2.26. The number of aromatic nitrogens is 4. The molecule has 210 valence electrons. The van der Waals surface area contributed by atoms with Gasteiger partial charge in [0.15, 0.2) is 5.69 Å². The number of nitrogens with one attached hydrogen (secondary N) is 1. The van der Waals surface area contributed by atoms with E-state index in [0.717, 1.165) is 41.9 Å². The van der Waals surface area contributed by atoms with E-state index in [9.17, 15) is 9.59 Å². The van der Waals surface area contributed by atoms with E-state index in [1.165, 1.54) is 0 Å². The number of hydrogen-bond donors (Lipinski definition) is 1. The van der Waals surface area contributed by atoms with Crippen LogP contribution in [0, 0.1) is 17.8 Å². The van der Waals surface area contributed by atoms with Crippen LogP contribution in [-0.2, 0) is 17.6 Å². The maximum absolute atomic E-state index is 13.6. The Bertz CT molecular complexity index is 1100. The lowest BCUT2D eigenvalue weighted by Crippen LogP contribution is -2.57. The number of rotatable bonds is 8. The Hall–Kier alpha value is -2.97. The first-order valence-corrected chi connectivity index (χ1v) is 13.9. The van der Waals surface area contributed by atoms with E-state index in [0.29, 0.717) is 43.1 Å². The largest absolute Gasteiger partial charge is 0.444 e. The van der Waals surface area contributed by atoms with Crippen molar-refractivity contribution < 1.29 is 14.3 Å². The van der Waals surface area contributed by atoms with Crippen LogP contribution in [0.3, 0.4) is 0 Å². The summed E-state index contributed by atoms with van der Waals surface area (Å²) in [5.41, 5.74) is 3.30. The number of amides is 2. The van der Waals surface area contributed by atoms with Gasteiger partial charge in [0.1, 0.15) is 11.3 Å². The van der Waals surface area contributed by atoms with Crippen LogP contribution in [0.4, 0.5) is 4.79 Å². The minimum atomic E-state index is -0.569. The number of aromatic amines is 1. The molecule has 1 saturated heterocycles. The highest BCUT2D eigenvalue weighted by atomic mass is 16.6. The second-order valence-electron chi connectivity index (χ2n) is 12.8. The molecule has 3 heterocycles. The molecule has 1 aliphatic heterocycles. The Morgan fingerprint density at radius 1 is 1.00 bits per heavy atom. The summed E-state index contributed by atoms with van der Waals surface area (Å²) in [6.45, 7) is 19.8. The quantitative estimate of drug-likeness (QED) is 0.496. The van der Waals surface area contributed by atoms with Crippen LogP contribution >= 0.6 is 0 Å². The van der Waals surface area contributed by atoms with Crippen LogP contribution < -0.4 is 0 Å². The van der Waals surface area contributed by atoms with Gasteiger partial charge in [0.2, 0.25) is 0 Å². The molecule has 2 aromatic heterocycles. The molecule has 0 saturated carbocycles. The molecule has 2 amide bonds. The van der Waals surface area contributed by atoms with Gasteiger partial charge in [-0.15, -0.1) is 10.2 Å². The van der Waals surface area contributed by atoms with E-state index in [1.54, 1.807) is 9.80 Å². The smallest absolute Gasteiger partial charge is 0.410 e. The van der Waals surface area contributed by atoms with Crippen molar-refractivity contribution in [2.75, 3.05) is 19.6 Å². The van der Waals surface area contributed by atoms with E-state index in [2.05, 4.69) is 61.9 Å². The minimum absolute atomic E-state index is 0.116. The third kappa shape index (κ3) is 8.01. The molecule has 1 N–H and O–H groups in total. The highest BCUT2D eigenvalue weighted by molar-refractivity contribution is 5.93. The third-order valence-electron chi connectivity index (χ3n) is 6.36. The average molecular weight is 527 g/mol. The molecule has 0 aliphatic carbocycles. The van der Waals surface area contributed by atoms with Crippen molar-refractivity contribution in [3.8, 4) is 11.4 Å². The van der Waals surface area contributed by atoms with Gasteiger partial charge in [-0.25, -0.2) is 4.79 Å². The first kappa shape index (κ1) is 29.6. The van der Waals surface area contributed by atoms with E-state index in [4.69, 9.17) is 4.74 Å². The van der Waals surface area contributed by atoms with Gasteiger partial charge < -0.3 is 14.5 Å². The molecule has 9 nitrogen and oxygen atoms in total. The van der Waals surface area contributed by atoms with Gasteiger partial charge >= 0.3 is 6.09 Å². The Morgan fingerprint density at radius 3 is 2.29 bits per heavy atom. The normalized spacial score (nSPS) is 16.6. The van der Waals surface area contributed by atoms with Crippen molar-refractivity contribution in [3.63, 3.8) is 0 Å². The summed E-state index contributed by atoms with van der Waals surface area (Å²) in [4.78, 5) is 30.1. The van der Waals surface area contributed by atoms with Gasteiger partial charge in [-0.1, -0.05) is 41.5 Å². The molecule has 1 fully saturated rings. The Morgan fingerprint density at radius 2 is 1.68 bits per heavy atom. The lowest BCUT2D eigenvalue weighted by Gasteiger charge is -2.42. The lowest BCUT2D eigenvalue weighted by molar-refractivity contribution is -0.00368. The van der Waals surface area contributed by atoms with Gasteiger partial charge in [-0.05, 0) is 75.5 Å². The topological polar surface area (TPSA) is 104 Å².